The number of nitrogens with zero attached hydrogens (tertiary/aromatic N) is 2. The topological polar surface area (TPSA) is 69.7 Å². The molecule has 6 nitrogen and oxygen atoms in total. The molecule has 180 valence electrons. The van der Waals surface area contributed by atoms with Gasteiger partial charge in [-0.15, -0.1) is 0 Å². The van der Waals surface area contributed by atoms with E-state index in [1.165, 1.54) is 4.31 Å². The zero-order chi connectivity index (χ0) is 23.8. The maximum atomic E-state index is 13.6. The van der Waals surface area contributed by atoms with Crippen LogP contribution in [0.3, 0.4) is 0 Å². The number of benzene rings is 2. The summed E-state index contributed by atoms with van der Waals surface area (Å²) in [6.07, 6.45) is 1.10. The van der Waals surface area contributed by atoms with Crippen molar-refractivity contribution in [1.82, 2.24) is 14.5 Å². The first-order valence-corrected chi connectivity index (χ1v) is 13.3. The highest BCUT2D eigenvalue weighted by molar-refractivity contribution is 7.89. The highest BCUT2D eigenvalue weighted by Gasteiger charge is 2.28. The van der Waals surface area contributed by atoms with E-state index in [2.05, 4.69) is 19.2 Å². The third-order valence-corrected chi connectivity index (χ3v) is 7.98. The molecule has 0 radical (unpaired) electrons. The van der Waals surface area contributed by atoms with Crippen LogP contribution >= 0.6 is 0 Å². The molecular weight excluding hydrogens is 434 g/mol. The Balaban J connectivity index is 1.79. The Kier molecular flexibility index (Phi) is 9.06. The first-order valence-electron chi connectivity index (χ1n) is 11.9. The van der Waals surface area contributed by atoms with Crippen molar-refractivity contribution in [2.45, 2.75) is 44.4 Å². The summed E-state index contributed by atoms with van der Waals surface area (Å²) < 4.78 is 28.7. The van der Waals surface area contributed by atoms with Crippen molar-refractivity contribution in [2.75, 3.05) is 39.3 Å². The molecule has 1 saturated heterocycles. The molecule has 0 bridgehead atoms. The third-order valence-electron chi connectivity index (χ3n) is 6.10. The van der Waals surface area contributed by atoms with Crippen LogP contribution in [0.4, 0.5) is 0 Å². The molecule has 1 atom stereocenters. The van der Waals surface area contributed by atoms with Crippen LogP contribution in [0.25, 0.3) is 0 Å². The smallest absolute Gasteiger partial charge is 0.243 e. The molecule has 1 aliphatic rings. The number of sulfonamides is 1. The second kappa shape index (κ2) is 11.8. The van der Waals surface area contributed by atoms with E-state index in [9.17, 15) is 13.2 Å². The van der Waals surface area contributed by atoms with Gasteiger partial charge in [-0.3, -0.25) is 4.79 Å². The lowest BCUT2D eigenvalue weighted by atomic mass is 10.0. The highest BCUT2D eigenvalue weighted by atomic mass is 32.2. The maximum absolute atomic E-state index is 13.6. The van der Waals surface area contributed by atoms with E-state index in [4.69, 9.17) is 0 Å². The van der Waals surface area contributed by atoms with Gasteiger partial charge in [0.2, 0.25) is 15.9 Å². The van der Waals surface area contributed by atoms with Crippen LogP contribution in [0.15, 0.2) is 59.5 Å². The van der Waals surface area contributed by atoms with Gasteiger partial charge in [0.25, 0.3) is 0 Å². The summed E-state index contributed by atoms with van der Waals surface area (Å²) in [7, 11) is -3.73. The average Bonchev–Trinajstić information content (AvgIpc) is 2.82. The second-order valence-electron chi connectivity index (χ2n) is 9.30. The van der Waals surface area contributed by atoms with Crippen LogP contribution in [-0.4, -0.2) is 62.8 Å². The molecule has 1 N–H and O–H groups in total. The van der Waals surface area contributed by atoms with Gasteiger partial charge in [-0.05, 0) is 41.5 Å². The summed E-state index contributed by atoms with van der Waals surface area (Å²) in [6, 6.07) is 17.1. The number of piperazine rings is 1. The highest BCUT2D eigenvalue weighted by Crippen LogP contribution is 2.23. The predicted octanol–water partition coefficient (Wildman–Crippen LogP) is 3.50. The minimum atomic E-state index is -3.73. The van der Waals surface area contributed by atoms with Gasteiger partial charge in [0, 0.05) is 45.7 Å². The van der Waals surface area contributed by atoms with E-state index in [1.807, 2.05) is 54.3 Å². The monoisotopic (exact) mass is 471 g/mol. The number of carbonyl (C=O) groups excluding carboxylic acids is 1. The van der Waals surface area contributed by atoms with Crippen LogP contribution in [0, 0.1) is 5.92 Å². The van der Waals surface area contributed by atoms with Crippen molar-refractivity contribution in [3.05, 3.63) is 65.7 Å². The van der Waals surface area contributed by atoms with Gasteiger partial charge >= 0.3 is 0 Å². The molecule has 2 aromatic rings. The van der Waals surface area contributed by atoms with Crippen molar-refractivity contribution < 1.29 is 13.2 Å². The van der Waals surface area contributed by atoms with Crippen molar-refractivity contribution in [2.24, 2.45) is 5.92 Å². The molecular formula is C26H37N3O3S. The van der Waals surface area contributed by atoms with E-state index in [-0.39, 0.29) is 29.7 Å². The molecule has 2 aromatic carbocycles. The summed E-state index contributed by atoms with van der Waals surface area (Å²) in [4.78, 5) is 14.9. The molecule has 0 spiro atoms. The van der Waals surface area contributed by atoms with E-state index in [1.54, 1.807) is 12.1 Å². The summed E-state index contributed by atoms with van der Waals surface area (Å²) in [5, 5.41) is 3.24. The van der Waals surface area contributed by atoms with Crippen molar-refractivity contribution in [1.29, 1.82) is 0 Å². The molecule has 33 heavy (non-hydrogen) atoms. The molecule has 0 saturated carbocycles. The molecule has 3 rings (SSSR count). The van der Waals surface area contributed by atoms with Crippen molar-refractivity contribution in [3.8, 4) is 0 Å². The van der Waals surface area contributed by atoms with Gasteiger partial charge < -0.3 is 10.2 Å². The fraction of sp³-hybridized carbons (Fsp3) is 0.500. The molecule has 1 amide bonds. The minimum Gasteiger partial charge on any atom is -0.340 e. The number of carbonyl (C=O) groups is 1. The Hall–Kier alpha value is -2.22. The normalized spacial score (nSPS) is 15.7. The van der Waals surface area contributed by atoms with Crippen molar-refractivity contribution >= 4 is 15.9 Å². The molecule has 0 unspecified atom stereocenters. The lowest BCUT2D eigenvalue weighted by molar-refractivity contribution is -0.131. The number of amides is 1. The van der Waals surface area contributed by atoms with Gasteiger partial charge in [-0.2, -0.15) is 4.31 Å². The van der Waals surface area contributed by atoms with Gasteiger partial charge in [0.05, 0.1) is 4.90 Å². The van der Waals surface area contributed by atoms with Crippen LogP contribution < -0.4 is 5.32 Å². The van der Waals surface area contributed by atoms with Crippen LogP contribution in [0.5, 0.6) is 0 Å². The van der Waals surface area contributed by atoms with Crippen LogP contribution in [0.1, 0.15) is 44.2 Å². The number of nitrogens with one attached hydrogen (secondary N) is 1. The summed E-state index contributed by atoms with van der Waals surface area (Å²) >= 11 is 0. The van der Waals surface area contributed by atoms with Crippen LogP contribution in [0.2, 0.25) is 0 Å². The molecule has 1 heterocycles. The SMILES string of the molecule is CC(C)Cc1ccc(S(=O)(=O)N(CCC(=O)N2CCNCC2)C[C@@H](C)c2ccccc2)cc1. The first kappa shape index (κ1) is 25.4. The second-order valence-corrected chi connectivity index (χ2v) is 11.2. The Morgan fingerprint density at radius 3 is 2.24 bits per heavy atom. The molecule has 1 aliphatic heterocycles. The summed E-state index contributed by atoms with van der Waals surface area (Å²) in [6.45, 7) is 9.72. The minimum absolute atomic E-state index is 0.00970. The molecule has 0 aromatic heterocycles. The largest absolute Gasteiger partial charge is 0.340 e. The van der Waals surface area contributed by atoms with Gasteiger partial charge in [-0.1, -0.05) is 63.2 Å². The summed E-state index contributed by atoms with van der Waals surface area (Å²) in [5.74, 6) is 0.526. The Bertz CT molecular complexity index is 985. The quantitative estimate of drug-likeness (QED) is 0.576. The third kappa shape index (κ3) is 7.13. The van der Waals surface area contributed by atoms with Crippen molar-refractivity contribution in [3.63, 3.8) is 0 Å². The lowest BCUT2D eigenvalue weighted by Gasteiger charge is -2.29. The number of hydrogen-bond donors (Lipinski definition) is 1. The summed E-state index contributed by atoms with van der Waals surface area (Å²) in [5.41, 5.74) is 2.21. The molecule has 0 aliphatic carbocycles. The molecule has 1 fully saturated rings. The fourth-order valence-corrected chi connectivity index (χ4v) is 5.74. The lowest BCUT2D eigenvalue weighted by Crippen LogP contribution is -2.47. The number of hydrogen-bond acceptors (Lipinski definition) is 4. The van der Waals surface area contributed by atoms with E-state index in [0.717, 1.165) is 30.6 Å². The van der Waals surface area contributed by atoms with Gasteiger partial charge in [-0.25, -0.2) is 8.42 Å². The Labute approximate surface area is 199 Å². The Morgan fingerprint density at radius 1 is 1.00 bits per heavy atom. The fourth-order valence-electron chi connectivity index (χ4n) is 4.21. The maximum Gasteiger partial charge on any atom is 0.243 e. The van der Waals surface area contributed by atoms with E-state index < -0.39 is 10.0 Å². The first-order chi connectivity index (χ1) is 15.8. The Morgan fingerprint density at radius 2 is 1.64 bits per heavy atom. The zero-order valence-electron chi connectivity index (χ0n) is 20.0. The zero-order valence-corrected chi connectivity index (χ0v) is 20.9. The molecule has 7 heteroatoms. The van der Waals surface area contributed by atoms with Gasteiger partial charge in [0.1, 0.15) is 0 Å². The average molecular weight is 472 g/mol. The van der Waals surface area contributed by atoms with Crippen LogP contribution in [-0.2, 0) is 21.2 Å². The van der Waals surface area contributed by atoms with E-state index in [0.29, 0.717) is 25.6 Å². The van der Waals surface area contributed by atoms with E-state index >= 15 is 0 Å². The number of rotatable bonds is 10. The standard InChI is InChI=1S/C26H37N3O3S/c1-21(2)19-23-9-11-25(12-10-23)33(31,32)29(20-22(3)24-7-5-4-6-8-24)16-13-26(30)28-17-14-27-15-18-28/h4-12,21-22,27H,13-20H2,1-3H3/t22-/m1/s1. The van der Waals surface area contributed by atoms with Gasteiger partial charge in [0.15, 0.2) is 0 Å². The predicted molar refractivity (Wildman–Crippen MR) is 133 cm³/mol.